The Bertz CT molecular complexity index is 971. The smallest absolute Gasteiger partial charge is 0.288 e. The van der Waals surface area contributed by atoms with Gasteiger partial charge in [0.2, 0.25) is 5.89 Å². The van der Waals surface area contributed by atoms with Crippen molar-refractivity contribution in [1.29, 1.82) is 0 Å². The summed E-state index contributed by atoms with van der Waals surface area (Å²) in [5.74, 6) is 1.45. The highest BCUT2D eigenvalue weighted by atomic mass is 32.1. The third-order valence-corrected chi connectivity index (χ3v) is 5.34. The van der Waals surface area contributed by atoms with Gasteiger partial charge in [0.15, 0.2) is 0 Å². The lowest BCUT2D eigenvalue weighted by molar-refractivity contribution is 0.192. The number of anilines is 1. The van der Waals surface area contributed by atoms with E-state index in [1.54, 1.807) is 11.8 Å². The number of aryl methyl sites for hydroxylation is 1. The lowest BCUT2D eigenvalue weighted by Gasteiger charge is -2.35. The van der Waals surface area contributed by atoms with Gasteiger partial charge in [-0.3, -0.25) is 4.90 Å². The topological polar surface area (TPSA) is 46.7 Å². The minimum Gasteiger partial charge on any atom is -0.497 e. The Labute approximate surface area is 169 Å². The third kappa shape index (κ3) is 4.10. The van der Waals surface area contributed by atoms with E-state index in [-0.39, 0.29) is 0 Å². The second-order valence-electron chi connectivity index (χ2n) is 6.98. The standard InChI is InChI=1S/C21H24N4O2S/c1-16-3-5-17(6-4-16)20-22-25(21(28)27-20)15-23-11-13-24(14-12-23)18-7-9-19(26-2)10-8-18/h3-10H,11-15H2,1-2H3. The van der Waals surface area contributed by atoms with Gasteiger partial charge in [0.1, 0.15) is 5.75 Å². The van der Waals surface area contributed by atoms with Crippen molar-refractivity contribution in [3.8, 4) is 17.2 Å². The van der Waals surface area contributed by atoms with Crippen LogP contribution in [-0.4, -0.2) is 48.0 Å². The predicted molar refractivity (Wildman–Crippen MR) is 112 cm³/mol. The highest BCUT2D eigenvalue weighted by Crippen LogP contribution is 2.21. The number of ether oxygens (including phenoxy) is 1. The summed E-state index contributed by atoms with van der Waals surface area (Å²) >= 11 is 5.38. The van der Waals surface area contributed by atoms with E-state index in [0.29, 0.717) is 17.4 Å². The van der Waals surface area contributed by atoms with Crippen molar-refractivity contribution >= 4 is 17.9 Å². The Morgan fingerprint density at radius 1 is 1.00 bits per heavy atom. The van der Waals surface area contributed by atoms with Crippen molar-refractivity contribution in [2.45, 2.75) is 13.6 Å². The maximum absolute atomic E-state index is 5.71. The molecule has 1 fully saturated rings. The molecule has 1 aliphatic rings. The predicted octanol–water partition coefficient (Wildman–Crippen LogP) is 3.97. The summed E-state index contributed by atoms with van der Waals surface area (Å²) in [4.78, 5) is 5.14. The lowest BCUT2D eigenvalue weighted by Crippen LogP contribution is -2.46. The van der Waals surface area contributed by atoms with Crippen LogP contribution in [0.5, 0.6) is 5.75 Å². The van der Waals surface area contributed by atoms with Crippen LogP contribution in [0, 0.1) is 11.8 Å². The summed E-state index contributed by atoms with van der Waals surface area (Å²) in [6.45, 7) is 6.51. The highest BCUT2D eigenvalue weighted by molar-refractivity contribution is 7.71. The van der Waals surface area contributed by atoms with Crippen LogP contribution in [0.3, 0.4) is 0 Å². The summed E-state index contributed by atoms with van der Waals surface area (Å²) < 4.78 is 12.7. The van der Waals surface area contributed by atoms with E-state index in [9.17, 15) is 0 Å². The van der Waals surface area contributed by atoms with Crippen molar-refractivity contribution in [2.75, 3.05) is 38.2 Å². The van der Waals surface area contributed by atoms with Crippen molar-refractivity contribution in [2.24, 2.45) is 0 Å². The number of piperazine rings is 1. The maximum atomic E-state index is 5.71. The first kappa shape index (κ1) is 18.7. The van der Waals surface area contributed by atoms with E-state index in [4.69, 9.17) is 21.4 Å². The molecule has 1 aliphatic heterocycles. The van der Waals surface area contributed by atoms with Crippen LogP contribution in [0.4, 0.5) is 5.69 Å². The zero-order chi connectivity index (χ0) is 19.5. The van der Waals surface area contributed by atoms with E-state index in [1.165, 1.54) is 11.3 Å². The minimum absolute atomic E-state index is 0.410. The van der Waals surface area contributed by atoms with Crippen LogP contribution in [0.25, 0.3) is 11.5 Å². The van der Waals surface area contributed by atoms with Crippen LogP contribution < -0.4 is 9.64 Å². The van der Waals surface area contributed by atoms with E-state index in [0.717, 1.165) is 37.5 Å². The summed E-state index contributed by atoms with van der Waals surface area (Å²) in [7, 11) is 1.69. The third-order valence-electron chi connectivity index (χ3n) is 5.05. The summed E-state index contributed by atoms with van der Waals surface area (Å²) in [5.41, 5.74) is 3.37. The molecule has 0 spiro atoms. The van der Waals surface area contributed by atoms with E-state index in [1.807, 2.05) is 36.4 Å². The molecule has 0 saturated carbocycles. The average Bonchev–Trinajstić information content (AvgIpc) is 3.09. The Hall–Kier alpha value is -2.64. The van der Waals surface area contributed by atoms with Gasteiger partial charge in [-0.25, -0.2) is 4.68 Å². The molecule has 0 amide bonds. The van der Waals surface area contributed by atoms with Gasteiger partial charge in [-0.15, -0.1) is 5.10 Å². The average molecular weight is 397 g/mol. The number of benzene rings is 2. The molecular weight excluding hydrogens is 372 g/mol. The lowest BCUT2D eigenvalue weighted by atomic mass is 10.1. The highest BCUT2D eigenvalue weighted by Gasteiger charge is 2.19. The van der Waals surface area contributed by atoms with Gasteiger partial charge in [-0.1, -0.05) is 17.7 Å². The number of rotatable bonds is 5. The van der Waals surface area contributed by atoms with Crippen molar-refractivity contribution in [3.63, 3.8) is 0 Å². The normalized spacial score (nSPS) is 15.0. The zero-order valence-corrected chi connectivity index (χ0v) is 17.0. The van der Waals surface area contributed by atoms with Gasteiger partial charge in [-0.2, -0.15) is 0 Å². The number of hydrogen-bond donors (Lipinski definition) is 0. The molecule has 28 heavy (non-hydrogen) atoms. The van der Waals surface area contributed by atoms with Crippen molar-refractivity contribution < 1.29 is 9.15 Å². The minimum atomic E-state index is 0.410. The fourth-order valence-corrected chi connectivity index (χ4v) is 3.52. The summed E-state index contributed by atoms with van der Waals surface area (Å²) in [5, 5.41) is 4.58. The number of nitrogens with zero attached hydrogens (tertiary/aromatic N) is 4. The Morgan fingerprint density at radius 3 is 2.32 bits per heavy atom. The first-order chi connectivity index (χ1) is 13.6. The molecule has 0 aliphatic carbocycles. The number of hydrogen-bond acceptors (Lipinski definition) is 6. The SMILES string of the molecule is COc1ccc(N2CCN(Cn3nc(-c4ccc(C)cc4)oc3=S)CC2)cc1. The Balaban J connectivity index is 1.38. The number of aromatic nitrogens is 2. The molecule has 0 unspecified atom stereocenters. The molecule has 0 bridgehead atoms. The fourth-order valence-electron chi connectivity index (χ4n) is 3.34. The van der Waals surface area contributed by atoms with Crippen LogP contribution >= 0.6 is 12.2 Å². The van der Waals surface area contributed by atoms with Gasteiger partial charge in [0.05, 0.1) is 13.8 Å². The largest absolute Gasteiger partial charge is 0.497 e. The molecular formula is C21H24N4O2S. The molecule has 2 aromatic carbocycles. The first-order valence-corrected chi connectivity index (χ1v) is 9.79. The van der Waals surface area contributed by atoms with Crippen LogP contribution in [0.15, 0.2) is 52.9 Å². The molecule has 0 N–H and O–H groups in total. The van der Waals surface area contributed by atoms with E-state index < -0.39 is 0 Å². The number of methoxy groups -OCH3 is 1. The van der Waals surface area contributed by atoms with Gasteiger partial charge in [-0.05, 0) is 55.5 Å². The van der Waals surface area contributed by atoms with Gasteiger partial charge in [0.25, 0.3) is 4.84 Å². The molecule has 4 rings (SSSR count). The van der Waals surface area contributed by atoms with Gasteiger partial charge >= 0.3 is 0 Å². The van der Waals surface area contributed by atoms with Gasteiger partial charge < -0.3 is 14.1 Å². The molecule has 0 radical (unpaired) electrons. The second-order valence-corrected chi connectivity index (χ2v) is 7.33. The van der Waals surface area contributed by atoms with Crippen LogP contribution in [0.2, 0.25) is 0 Å². The summed E-state index contributed by atoms with van der Waals surface area (Å²) in [6.07, 6.45) is 0. The maximum Gasteiger partial charge on any atom is 0.288 e. The molecule has 146 valence electrons. The molecule has 7 heteroatoms. The van der Waals surface area contributed by atoms with Crippen molar-refractivity contribution in [3.05, 3.63) is 58.9 Å². The van der Waals surface area contributed by atoms with Crippen LogP contribution in [-0.2, 0) is 6.67 Å². The quantitative estimate of drug-likeness (QED) is 0.608. The van der Waals surface area contributed by atoms with E-state index in [2.05, 4.69) is 34.0 Å². The molecule has 1 aromatic heterocycles. The molecule has 2 heterocycles. The first-order valence-electron chi connectivity index (χ1n) is 9.39. The monoisotopic (exact) mass is 396 g/mol. The fraction of sp³-hybridized carbons (Fsp3) is 0.333. The Morgan fingerprint density at radius 2 is 1.68 bits per heavy atom. The zero-order valence-electron chi connectivity index (χ0n) is 16.2. The Kier molecular flexibility index (Phi) is 5.45. The second kappa shape index (κ2) is 8.16. The molecule has 3 aromatic rings. The van der Waals surface area contributed by atoms with Crippen molar-refractivity contribution in [1.82, 2.24) is 14.7 Å². The van der Waals surface area contributed by atoms with Crippen LogP contribution in [0.1, 0.15) is 5.56 Å². The molecule has 6 nitrogen and oxygen atoms in total. The van der Waals surface area contributed by atoms with Gasteiger partial charge in [0, 0.05) is 37.4 Å². The molecule has 1 saturated heterocycles. The molecule has 0 atom stereocenters. The summed E-state index contributed by atoms with van der Waals surface area (Å²) in [6, 6.07) is 16.3. The van der Waals surface area contributed by atoms with E-state index >= 15 is 0 Å².